The molecule has 21 heavy (non-hydrogen) atoms. The minimum Gasteiger partial charge on any atom is -0.480 e. The number of benzene rings is 1. The summed E-state index contributed by atoms with van der Waals surface area (Å²) in [6.45, 7) is 2.01. The SMILES string of the molecule is CCC1CCC(C(=O)N[C@H](Cc2ccccc2)C(=O)O)O1. The van der Waals surface area contributed by atoms with E-state index >= 15 is 0 Å². The van der Waals surface area contributed by atoms with Gasteiger partial charge in [-0.15, -0.1) is 0 Å². The number of carbonyl (C=O) groups excluding carboxylic acids is 1. The predicted molar refractivity (Wildman–Crippen MR) is 77.9 cm³/mol. The third kappa shape index (κ3) is 4.29. The number of ether oxygens (including phenoxy) is 1. The van der Waals surface area contributed by atoms with E-state index in [4.69, 9.17) is 4.74 Å². The highest BCUT2D eigenvalue weighted by molar-refractivity contribution is 5.86. The van der Waals surface area contributed by atoms with E-state index in [1.165, 1.54) is 0 Å². The summed E-state index contributed by atoms with van der Waals surface area (Å²) >= 11 is 0. The van der Waals surface area contributed by atoms with Crippen LogP contribution in [0.1, 0.15) is 31.7 Å². The van der Waals surface area contributed by atoms with E-state index < -0.39 is 18.1 Å². The molecule has 1 aromatic carbocycles. The summed E-state index contributed by atoms with van der Waals surface area (Å²) in [4.78, 5) is 23.4. The van der Waals surface area contributed by atoms with Crippen LogP contribution in [0.2, 0.25) is 0 Å². The van der Waals surface area contributed by atoms with Gasteiger partial charge in [0.25, 0.3) is 0 Å². The van der Waals surface area contributed by atoms with Gasteiger partial charge in [-0.05, 0) is 24.8 Å². The average molecular weight is 291 g/mol. The first kappa shape index (κ1) is 15.5. The van der Waals surface area contributed by atoms with Gasteiger partial charge >= 0.3 is 5.97 Å². The average Bonchev–Trinajstić information content (AvgIpc) is 2.96. The number of rotatable bonds is 6. The molecule has 2 rings (SSSR count). The lowest BCUT2D eigenvalue weighted by molar-refractivity contribution is -0.144. The summed E-state index contributed by atoms with van der Waals surface area (Å²) < 4.78 is 5.60. The van der Waals surface area contributed by atoms with Crippen LogP contribution >= 0.6 is 0 Å². The minimum atomic E-state index is -1.03. The van der Waals surface area contributed by atoms with Gasteiger partial charge < -0.3 is 15.2 Å². The normalized spacial score (nSPS) is 22.7. The van der Waals surface area contributed by atoms with Crippen molar-refractivity contribution in [3.05, 3.63) is 35.9 Å². The standard InChI is InChI=1S/C16H21NO4/c1-2-12-8-9-14(21-12)15(18)17-13(16(19)20)10-11-6-4-3-5-7-11/h3-7,12-14H,2,8-10H2,1H3,(H,17,18)(H,19,20)/t12?,13-,14?/m1/s1. The third-order valence-corrected chi connectivity index (χ3v) is 3.75. The van der Waals surface area contributed by atoms with E-state index in [9.17, 15) is 14.7 Å². The van der Waals surface area contributed by atoms with Crippen molar-refractivity contribution in [3.8, 4) is 0 Å². The minimum absolute atomic E-state index is 0.109. The lowest BCUT2D eigenvalue weighted by Crippen LogP contribution is -2.46. The van der Waals surface area contributed by atoms with Gasteiger partial charge in [-0.1, -0.05) is 37.3 Å². The molecule has 0 saturated carbocycles. The lowest BCUT2D eigenvalue weighted by Gasteiger charge is -2.18. The van der Waals surface area contributed by atoms with Crippen molar-refractivity contribution in [1.29, 1.82) is 0 Å². The van der Waals surface area contributed by atoms with Gasteiger partial charge in [-0.2, -0.15) is 0 Å². The zero-order chi connectivity index (χ0) is 15.2. The van der Waals surface area contributed by atoms with Gasteiger partial charge in [0.15, 0.2) is 0 Å². The number of carboxylic acids is 1. The molecule has 1 fully saturated rings. The van der Waals surface area contributed by atoms with Crippen LogP contribution in [0.4, 0.5) is 0 Å². The van der Waals surface area contributed by atoms with E-state index in [0.717, 1.165) is 18.4 Å². The van der Waals surface area contributed by atoms with Crippen LogP contribution in [0.5, 0.6) is 0 Å². The summed E-state index contributed by atoms with van der Waals surface area (Å²) in [5.74, 6) is -1.36. The highest BCUT2D eigenvalue weighted by Gasteiger charge is 2.32. The van der Waals surface area contributed by atoms with Crippen LogP contribution in [0.15, 0.2) is 30.3 Å². The zero-order valence-electron chi connectivity index (χ0n) is 12.1. The molecule has 1 saturated heterocycles. The smallest absolute Gasteiger partial charge is 0.326 e. The first-order chi connectivity index (χ1) is 10.1. The predicted octanol–water partition coefficient (Wildman–Crippen LogP) is 1.76. The van der Waals surface area contributed by atoms with Crippen LogP contribution in [0, 0.1) is 0 Å². The Bertz CT molecular complexity index is 488. The van der Waals surface area contributed by atoms with Gasteiger partial charge in [0.1, 0.15) is 12.1 Å². The molecule has 0 spiro atoms. The lowest BCUT2D eigenvalue weighted by atomic mass is 10.1. The Morgan fingerprint density at radius 3 is 2.62 bits per heavy atom. The molecule has 5 heteroatoms. The molecule has 114 valence electrons. The van der Waals surface area contributed by atoms with Crippen molar-refractivity contribution in [3.63, 3.8) is 0 Å². The maximum Gasteiger partial charge on any atom is 0.326 e. The molecule has 2 unspecified atom stereocenters. The number of nitrogens with one attached hydrogen (secondary N) is 1. The van der Waals surface area contributed by atoms with E-state index in [1.54, 1.807) is 0 Å². The third-order valence-electron chi connectivity index (χ3n) is 3.75. The van der Waals surface area contributed by atoms with Gasteiger partial charge in [-0.25, -0.2) is 4.79 Å². The molecule has 0 aliphatic carbocycles. The topological polar surface area (TPSA) is 75.6 Å². The zero-order valence-corrected chi connectivity index (χ0v) is 12.1. The number of hydrogen-bond donors (Lipinski definition) is 2. The van der Waals surface area contributed by atoms with Crippen molar-refractivity contribution >= 4 is 11.9 Å². The molecular formula is C16H21NO4. The highest BCUT2D eigenvalue weighted by atomic mass is 16.5. The van der Waals surface area contributed by atoms with E-state index in [-0.39, 0.29) is 18.4 Å². The summed E-state index contributed by atoms with van der Waals surface area (Å²) in [5, 5.41) is 11.9. The molecule has 5 nitrogen and oxygen atoms in total. The van der Waals surface area contributed by atoms with E-state index in [1.807, 2.05) is 37.3 Å². The molecule has 1 aliphatic heterocycles. The van der Waals surface area contributed by atoms with Crippen LogP contribution in [0.25, 0.3) is 0 Å². The summed E-state index contributed by atoms with van der Waals surface area (Å²) in [6, 6.07) is 8.34. The van der Waals surface area contributed by atoms with Gasteiger partial charge in [0.05, 0.1) is 6.10 Å². The number of carbonyl (C=O) groups is 2. The number of carboxylic acid groups (broad SMARTS) is 1. The molecule has 0 radical (unpaired) electrons. The van der Waals surface area contributed by atoms with Crippen molar-refractivity contribution < 1.29 is 19.4 Å². The summed E-state index contributed by atoms with van der Waals surface area (Å²) in [5.41, 5.74) is 0.879. The molecule has 0 bridgehead atoms. The Labute approximate surface area is 124 Å². The van der Waals surface area contributed by atoms with Gasteiger partial charge in [0, 0.05) is 6.42 Å². The van der Waals surface area contributed by atoms with Crippen molar-refractivity contribution in [2.24, 2.45) is 0 Å². The highest BCUT2D eigenvalue weighted by Crippen LogP contribution is 2.22. The molecule has 1 heterocycles. The molecule has 2 N–H and O–H groups in total. The Balaban J connectivity index is 1.94. The molecule has 0 aromatic heterocycles. The Hall–Kier alpha value is -1.88. The molecular weight excluding hydrogens is 270 g/mol. The second-order valence-electron chi connectivity index (χ2n) is 5.32. The first-order valence-electron chi connectivity index (χ1n) is 7.32. The number of amides is 1. The monoisotopic (exact) mass is 291 g/mol. The van der Waals surface area contributed by atoms with Crippen LogP contribution in [-0.2, 0) is 20.7 Å². The van der Waals surface area contributed by atoms with Gasteiger partial charge in [-0.3, -0.25) is 4.79 Å². The summed E-state index contributed by atoms with van der Waals surface area (Å²) in [6.07, 6.45) is 2.24. The maximum atomic E-state index is 12.1. The van der Waals surface area contributed by atoms with Crippen LogP contribution in [0.3, 0.4) is 0 Å². The Morgan fingerprint density at radius 2 is 2.05 bits per heavy atom. The van der Waals surface area contributed by atoms with E-state index in [2.05, 4.69) is 5.32 Å². The number of hydrogen-bond acceptors (Lipinski definition) is 3. The van der Waals surface area contributed by atoms with Crippen LogP contribution in [-0.4, -0.2) is 35.2 Å². The fourth-order valence-electron chi connectivity index (χ4n) is 2.51. The molecule has 1 aliphatic rings. The van der Waals surface area contributed by atoms with Crippen molar-refractivity contribution in [1.82, 2.24) is 5.32 Å². The first-order valence-corrected chi connectivity index (χ1v) is 7.32. The largest absolute Gasteiger partial charge is 0.480 e. The second kappa shape index (κ2) is 7.22. The summed E-state index contributed by atoms with van der Waals surface area (Å²) in [7, 11) is 0. The maximum absolute atomic E-state index is 12.1. The van der Waals surface area contributed by atoms with Crippen LogP contribution < -0.4 is 5.32 Å². The number of aliphatic carboxylic acids is 1. The Kier molecular flexibility index (Phi) is 5.33. The molecule has 3 atom stereocenters. The molecule has 1 aromatic rings. The van der Waals surface area contributed by atoms with Crippen molar-refractivity contribution in [2.75, 3.05) is 0 Å². The van der Waals surface area contributed by atoms with E-state index in [0.29, 0.717) is 6.42 Å². The fourth-order valence-corrected chi connectivity index (χ4v) is 2.51. The van der Waals surface area contributed by atoms with Gasteiger partial charge in [0.2, 0.25) is 5.91 Å². The fraction of sp³-hybridized carbons (Fsp3) is 0.500. The molecule has 1 amide bonds. The quantitative estimate of drug-likeness (QED) is 0.837. The Morgan fingerprint density at radius 1 is 1.33 bits per heavy atom. The second-order valence-corrected chi connectivity index (χ2v) is 5.32. The van der Waals surface area contributed by atoms with Crippen molar-refractivity contribution in [2.45, 2.75) is 50.9 Å².